The molecule has 0 spiro atoms. The Hall–Kier alpha value is -0.830. The van der Waals surface area contributed by atoms with Gasteiger partial charge in [0, 0.05) is 0 Å². The van der Waals surface area contributed by atoms with Crippen molar-refractivity contribution in [1.29, 1.82) is 0 Å². The Bertz CT molecular complexity index is 316. The Balaban J connectivity index is 0. The van der Waals surface area contributed by atoms with Crippen LogP contribution in [0.3, 0.4) is 0 Å². The van der Waals surface area contributed by atoms with Gasteiger partial charge in [-0.05, 0) is 0 Å². The molecular weight excluding hydrogens is 331 g/mol. The molecule has 0 aromatic heterocycles. The maximum atomic E-state index is 2.21. The zero-order valence-corrected chi connectivity index (χ0v) is 13.3. The molecule has 0 saturated carbocycles. The molecular formula is C17H26I-. The molecule has 0 aliphatic carbocycles. The Morgan fingerprint density at radius 2 is 0.833 bits per heavy atom. The molecule has 0 nitrogen and oxygen atoms in total. The molecule has 0 heterocycles. The SMILES string of the molecule is C.CC.CC.c1ccc([I-]c2ccccc2)cc1. The third kappa shape index (κ3) is 8.29. The first kappa shape index (κ1) is 19.5. The molecule has 0 unspecified atom stereocenters. The van der Waals surface area contributed by atoms with Crippen molar-refractivity contribution in [3.05, 3.63) is 67.8 Å². The predicted molar refractivity (Wildman–Crippen MR) is 79.7 cm³/mol. The van der Waals surface area contributed by atoms with Crippen molar-refractivity contribution < 1.29 is 21.2 Å². The molecule has 102 valence electrons. The van der Waals surface area contributed by atoms with E-state index in [9.17, 15) is 0 Å². The topological polar surface area (TPSA) is 0 Å². The van der Waals surface area contributed by atoms with E-state index in [0.717, 1.165) is 0 Å². The fraction of sp³-hybridized carbons (Fsp3) is 0.294. The van der Waals surface area contributed by atoms with Crippen LogP contribution in [0.1, 0.15) is 35.1 Å². The van der Waals surface area contributed by atoms with E-state index in [0.29, 0.717) is 0 Å². The molecule has 0 bridgehead atoms. The molecule has 0 fully saturated rings. The van der Waals surface area contributed by atoms with E-state index in [4.69, 9.17) is 0 Å². The van der Waals surface area contributed by atoms with Crippen LogP contribution in [-0.2, 0) is 0 Å². The maximum absolute atomic E-state index is 2.21. The molecule has 0 aliphatic rings. The van der Waals surface area contributed by atoms with Gasteiger partial charge in [0.2, 0.25) is 0 Å². The van der Waals surface area contributed by atoms with Crippen LogP contribution in [0.25, 0.3) is 0 Å². The van der Waals surface area contributed by atoms with Crippen LogP contribution < -0.4 is 21.2 Å². The summed E-state index contributed by atoms with van der Waals surface area (Å²) in [6.45, 7) is 8.00. The standard InChI is InChI=1S/C12H10I.2C2H6.CH4/c1-3-7-11(8-4-1)13-12-9-5-2-6-10-12;2*1-2;/h1-10H;2*1-2H3;1H4/q-1;;;. The summed E-state index contributed by atoms with van der Waals surface area (Å²) < 4.78 is 2.96. The van der Waals surface area contributed by atoms with Gasteiger partial charge < -0.3 is 0 Å². The summed E-state index contributed by atoms with van der Waals surface area (Å²) in [5.74, 6) is 0. The Morgan fingerprint density at radius 3 is 1.11 bits per heavy atom. The fourth-order valence-corrected chi connectivity index (χ4v) is 3.35. The number of hydrogen-bond donors (Lipinski definition) is 0. The summed E-state index contributed by atoms with van der Waals surface area (Å²) in [5.41, 5.74) is 0. The number of halogens is 1. The second-order valence-electron chi connectivity index (χ2n) is 2.69. The van der Waals surface area contributed by atoms with Gasteiger partial charge in [0.05, 0.1) is 0 Å². The van der Waals surface area contributed by atoms with Crippen LogP contribution in [-0.4, -0.2) is 0 Å². The Kier molecular flexibility index (Phi) is 15.4. The number of rotatable bonds is 2. The average molecular weight is 357 g/mol. The zero-order valence-electron chi connectivity index (χ0n) is 11.2. The van der Waals surface area contributed by atoms with E-state index in [2.05, 4.69) is 60.7 Å². The van der Waals surface area contributed by atoms with Crippen LogP contribution in [0.15, 0.2) is 60.7 Å². The van der Waals surface area contributed by atoms with Crippen molar-refractivity contribution in [3.8, 4) is 0 Å². The van der Waals surface area contributed by atoms with Gasteiger partial charge in [0.15, 0.2) is 0 Å². The predicted octanol–water partition coefficient (Wildman–Crippen LogP) is 2.50. The van der Waals surface area contributed by atoms with Gasteiger partial charge in [-0.25, -0.2) is 0 Å². The van der Waals surface area contributed by atoms with Crippen LogP contribution in [0.5, 0.6) is 0 Å². The molecule has 2 aromatic rings. The second kappa shape index (κ2) is 14.2. The molecule has 0 N–H and O–H groups in total. The number of hydrogen-bond acceptors (Lipinski definition) is 0. The summed E-state index contributed by atoms with van der Waals surface area (Å²) >= 11 is 0.0287. The van der Waals surface area contributed by atoms with Gasteiger partial charge in [-0.3, -0.25) is 0 Å². The van der Waals surface area contributed by atoms with Crippen molar-refractivity contribution in [1.82, 2.24) is 0 Å². The molecule has 0 atom stereocenters. The average Bonchev–Trinajstić information content (AvgIpc) is 2.45. The van der Waals surface area contributed by atoms with Crippen LogP contribution in [0.2, 0.25) is 0 Å². The van der Waals surface area contributed by atoms with Gasteiger partial charge in [-0.1, -0.05) is 35.1 Å². The van der Waals surface area contributed by atoms with E-state index in [-0.39, 0.29) is 28.6 Å². The van der Waals surface area contributed by atoms with Gasteiger partial charge in [0.25, 0.3) is 0 Å². The molecule has 2 rings (SSSR count). The quantitative estimate of drug-likeness (QED) is 0.725. The van der Waals surface area contributed by atoms with Crippen LogP contribution in [0.4, 0.5) is 0 Å². The number of benzene rings is 2. The molecule has 0 aliphatic heterocycles. The van der Waals surface area contributed by atoms with Crippen LogP contribution in [0, 0.1) is 7.14 Å². The fourth-order valence-electron chi connectivity index (χ4n) is 1.08. The van der Waals surface area contributed by atoms with Gasteiger partial charge in [-0.15, -0.1) is 0 Å². The summed E-state index contributed by atoms with van der Waals surface area (Å²) in [6.07, 6.45) is 0. The first-order valence-corrected chi connectivity index (χ1v) is 8.36. The van der Waals surface area contributed by atoms with Crippen molar-refractivity contribution in [2.75, 3.05) is 0 Å². The van der Waals surface area contributed by atoms with E-state index in [1.165, 1.54) is 7.14 Å². The summed E-state index contributed by atoms with van der Waals surface area (Å²) in [4.78, 5) is 0. The van der Waals surface area contributed by atoms with E-state index < -0.39 is 0 Å². The zero-order chi connectivity index (χ0) is 12.9. The molecule has 1 heteroatoms. The monoisotopic (exact) mass is 357 g/mol. The van der Waals surface area contributed by atoms with Crippen molar-refractivity contribution in [2.45, 2.75) is 35.1 Å². The van der Waals surface area contributed by atoms with E-state index >= 15 is 0 Å². The van der Waals surface area contributed by atoms with Crippen molar-refractivity contribution >= 4 is 0 Å². The van der Waals surface area contributed by atoms with Crippen molar-refractivity contribution in [3.63, 3.8) is 0 Å². The second-order valence-corrected chi connectivity index (χ2v) is 5.72. The first-order valence-electron chi connectivity index (χ1n) is 6.20. The summed E-state index contributed by atoms with van der Waals surface area (Å²) in [7, 11) is 0. The molecule has 18 heavy (non-hydrogen) atoms. The Labute approximate surface area is 124 Å². The Morgan fingerprint density at radius 1 is 0.556 bits per heavy atom. The molecule has 0 saturated heterocycles. The molecule has 0 radical (unpaired) electrons. The van der Waals surface area contributed by atoms with E-state index in [1.54, 1.807) is 0 Å². The third-order valence-corrected chi connectivity index (χ3v) is 4.37. The molecule has 2 aromatic carbocycles. The van der Waals surface area contributed by atoms with Gasteiger partial charge in [0.1, 0.15) is 0 Å². The normalized spacial score (nSPS) is 8.00. The summed E-state index contributed by atoms with van der Waals surface area (Å²) in [6, 6.07) is 21.4. The first-order chi connectivity index (χ1) is 8.45. The van der Waals surface area contributed by atoms with Gasteiger partial charge >= 0.3 is 89.0 Å². The van der Waals surface area contributed by atoms with Crippen molar-refractivity contribution in [2.24, 2.45) is 0 Å². The van der Waals surface area contributed by atoms with Gasteiger partial charge in [-0.2, -0.15) is 0 Å². The van der Waals surface area contributed by atoms with Crippen LogP contribution >= 0.6 is 0 Å². The van der Waals surface area contributed by atoms with E-state index in [1.807, 2.05) is 27.7 Å². The summed E-state index contributed by atoms with van der Waals surface area (Å²) in [5, 5.41) is 0. The third-order valence-electron chi connectivity index (χ3n) is 1.68. The molecule has 0 amide bonds. The minimum atomic E-state index is 0. The minimum absolute atomic E-state index is 0.